The number of allylic oxidation sites excluding steroid dienone is 1. The van der Waals surface area contributed by atoms with E-state index in [2.05, 4.69) is 5.32 Å². The predicted octanol–water partition coefficient (Wildman–Crippen LogP) is 4.05. The van der Waals surface area contributed by atoms with E-state index in [4.69, 9.17) is 21.4 Å². The molecular weight excluding hydrogens is 374 g/mol. The van der Waals surface area contributed by atoms with Crippen molar-refractivity contribution in [1.29, 1.82) is 0 Å². The van der Waals surface area contributed by atoms with Crippen molar-refractivity contribution in [2.75, 3.05) is 5.32 Å². The number of carboxylic acids is 2. The van der Waals surface area contributed by atoms with Crippen molar-refractivity contribution in [3.05, 3.63) is 65.2 Å². The Balaban J connectivity index is 2.26. The van der Waals surface area contributed by atoms with Gasteiger partial charge in [-0.2, -0.15) is 0 Å². The van der Waals surface area contributed by atoms with Crippen LogP contribution in [0.2, 0.25) is 5.02 Å². The van der Waals surface area contributed by atoms with Crippen LogP contribution in [0.15, 0.2) is 54.6 Å². The summed E-state index contributed by atoms with van der Waals surface area (Å²) in [5.74, 6) is -4.30. The van der Waals surface area contributed by atoms with Crippen LogP contribution in [0, 0.1) is 5.92 Å². The standard InChI is InChI=1S/C19H16ClNO6/c1-2-3-14(18(23)24)17(22)21-12-6-9-16(15(10-12)19(25)26)27-13-7-4-11(20)5-8-13/h2-10,14H,1H3,(H,21,22)(H,23,24)(H,25,26). The number of aromatic carboxylic acids is 1. The number of benzene rings is 2. The second-order valence-electron chi connectivity index (χ2n) is 5.40. The molecule has 0 saturated heterocycles. The fourth-order valence-corrected chi connectivity index (χ4v) is 2.31. The first-order chi connectivity index (χ1) is 12.8. The molecule has 0 heterocycles. The molecule has 7 nitrogen and oxygen atoms in total. The summed E-state index contributed by atoms with van der Waals surface area (Å²) < 4.78 is 5.55. The van der Waals surface area contributed by atoms with E-state index in [1.54, 1.807) is 31.2 Å². The van der Waals surface area contributed by atoms with Crippen LogP contribution in [0.5, 0.6) is 11.5 Å². The Morgan fingerprint density at radius 2 is 1.78 bits per heavy atom. The molecule has 2 aromatic rings. The molecule has 0 aliphatic rings. The molecule has 0 aliphatic carbocycles. The zero-order valence-electron chi connectivity index (χ0n) is 14.2. The lowest BCUT2D eigenvalue weighted by atomic mass is 10.1. The number of hydrogen-bond acceptors (Lipinski definition) is 4. The lowest BCUT2D eigenvalue weighted by molar-refractivity contribution is -0.143. The molecule has 0 saturated carbocycles. The van der Waals surface area contributed by atoms with E-state index in [0.29, 0.717) is 10.8 Å². The molecule has 1 atom stereocenters. The molecule has 0 radical (unpaired) electrons. The van der Waals surface area contributed by atoms with E-state index in [1.807, 2.05) is 0 Å². The molecule has 2 rings (SSSR count). The molecular formula is C19H16ClNO6. The zero-order chi connectivity index (χ0) is 20.0. The first-order valence-corrected chi connectivity index (χ1v) is 8.17. The number of aliphatic carboxylic acids is 1. The van der Waals surface area contributed by atoms with Crippen molar-refractivity contribution in [2.45, 2.75) is 6.92 Å². The van der Waals surface area contributed by atoms with Gasteiger partial charge in [0.25, 0.3) is 0 Å². The van der Waals surface area contributed by atoms with Crippen LogP contribution in [-0.2, 0) is 9.59 Å². The van der Waals surface area contributed by atoms with Gasteiger partial charge in [0.05, 0.1) is 0 Å². The molecule has 0 aliphatic heterocycles. The Kier molecular flexibility index (Phi) is 6.56. The molecule has 27 heavy (non-hydrogen) atoms. The summed E-state index contributed by atoms with van der Waals surface area (Å²) in [5, 5.41) is 21.4. The van der Waals surface area contributed by atoms with Crippen LogP contribution in [-0.4, -0.2) is 28.1 Å². The SMILES string of the molecule is CC=CC(C(=O)O)C(=O)Nc1ccc(Oc2ccc(Cl)cc2)c(C(=O)O)c1. The predicted molar refractivity (Wildman–Crippen MR) is 99.5 cm³/mol. The van der Waals surface area contributed by atoms with Crippen molar-refractivity contribution in [3.8, 4) is 11.5 Å². The molecule has 0 fully saturated rings. The molecule has 140 valence electrons. The molecule has 0 aromatic heterocycles. The van der Waals surface area contributed by atoms with Gasteiger partial charge < -0.3 is 20.3 Å². The zero-order valence-corrected chi connectivity index (χ0v) is 14.9. The molecule has 1 amide bonds. The number of rotatable bonds is 7. The normalized spacial score (nSPS) is 11.8. The lowest BCUT2D eigenvalue weighted by Crippen LogP contribution is -2.28. The summed E-state index contributed by atoms with van der Waals surface area (Å²) in [5.41, 5.74) is -0.0581. The maximum absolute atomic E-state index is 12.1. The van der Waals surface area contributed by atoms with Crippen LogP contribution in [0.3, 0.4) is 0 Å². The number of nitrogens with one attached hydrogen (secondary N) is 1. The smallest absolute Gasteiger partial charge is 0.339 e. The monoisotopic (exact) mass is 389 g/mol. The highest BCUT2D eigenvalue weighted by atomic mass is 35.5. The van der Waals surface area contributed by atoms with Crippen LogP contribution in [0.25, 0.3) is 0 Å². The maximum atomic E-state index is 12.1. The van der Waals surface area contributed by atoms with Gasteiger partial charge in [0.2, 0.25) is 5.91 Å². The number of carbonyl (C=O) groups excluding carboxylic acids is 1. The average molecular weight is 390 g/mol. The molecule has 0 spiro atoms. The van der Waals surface area contributed by atoms with Gasteiger partial charge in [0.15, 0.2) is 5.92 Å². The van der Waals surface area contributed by atoms with Gasteiger partial charge in [-0.3, -0.25) is 9.59 Å². The first kappa shape index (κ1) is 20.0. The molecule has 1 unspecified atom stereocenters. The number of halogens is 1. The number of carboxylic acid groups (broad SMARTS) is 2. The van der Waals surface area contributed by atoms with Gasteiger partial charge in [-0.05, 0) is 49.4 Å². The molecule has 2 aromatic carbocycles. The van der Waals surface area contributed by atoms with Crippen molar-refractivity contribution in [2.24, 2.45) is 5.92 Å². The summed E-state index contributed by atoms with van der Waals surface area (Å²) in [4.78, 5) is 34.8. The summed E-state index contributed by atoms with van der Waals surface area (Å²) in [6.45, 7) is 1.59. The highest BCUT2D eigenvalue weighted by Crippen LogP contribution is 2.29. The third-order valence-electron chi connectivity index (χ3n) is 3.45. The van der Waals surface area contributed by atoms with Crippen LogP contribution in [0.1, 0.15) is 17.3 Å². The Morgan fingerprint density at radius 1 is 1.11 bits per heavy atom. The van der Waals surface area contributed by atoms with E-state index >= 15 is 0 Å². The Labute approximate surface area is 159 Å². The van der Waals surface area contributed by atoms with E-state index in [-0.39, 0.29) is 17.0 Å². The van der Waals surface area contributed by atoms with Crippen molar-refractivity contribution in [1.82, 2.24) is 0 Å². The largest absolute Gasteiger partial charge is 0.480 e. The fraction of sp³-hybridized carbons (Fsp3) is 0.105. The molecule has 3 N–H and O–H groups in total. The minimum Gasteiger partial charge on any atom is -0.480 e. The van der Waals surface area contributed by atoms with Crippen molar-refractivity contribution < 1.29 is 29.3 Å². The topological polar surface area (TPSA) is 113 Å². The minimum absolute atomic E-state index is 0.0612. The lowest BCUT2D eigenvalue weighted by Gasteiger charge is -2.13. The van der Waals surface area contributed by atoms with E-state index in [1.165, 1.54) is 30.4 Å². The summed E-state index contributed by atoms with van der Waals surface area (Å²) in [6, 6.07) is 10.3. The number of hydrogen-bond donors (Lipinski definition) is 3. The molecule has 8 heteroatoms. The third-order valence-corrected chi connectivity index (χ3v) is 3.70. The summed E-state index contributed by atoms with van der Waals surface area (Å²) in [6.07, 6.45) is 2.68. The minimum atomic E-state index is -1.38. The first-order valence-electron chi connectivity index (χ1n) is 7.79. The van der Waals surface area contributed by atoms with Crippen molar-refractivity contribution >= 4 is 35.1 Å². The number of ether oxygens (including phenoxy) is 1. The van der Waals surface area contributed by atoms with E-state index < -0.39 is 23.8 Å². The summed E-state index contributed by atoms with van der Waals surface area (Å²) in [7, 11) is 0. The average Bonchev–Trinajstić information content (AvgIpc) is 2.62. The van der Waals surface area contributed by atoms with Gasteiger partial charge in [0, 0.05) is 10.7 Å². The quantitative estimate of drug-likeness (QED) is 0.486. The molecule has 0 bridgehead atoms. The van der Waals surface area contributed by atoms with Gasteiger partial charge in [-0.25, -0.2) is 4.79 Å². The Morgan fingerprint density at radius 3 is 2.33 bits per heavy atom. The van der Waals surface area contributed by atoms with Crippen LogP contribution in [0.4, 0.5) is 5.69 Å². The van der Waals surface area contributed by atoms with Gasteiger partial charge in [0.1, 0.15) is 17.1 Å². The van der Waals surface area contributed by atoms with Crippen LogP contribution >= 0.6 is 11.6 Å². The van der Waals surface area contributed by atoms with Crippen LogP contribution < -0.4 is 10.1 Å². The summed E-state index contributed by atoms with van der Waals surface area (Å²) >= 11 is 5.80. The van der Waals surface area contributed by atoms with E-state index in [9.17, 15) is 19.5 Å². The number of anilines is 1. The number of amides is 1. The fourth-order valence-electron chi connectivity index (χ4n) is 2.19. The Bertz CT molecular complexity index is 892. The van der Waals surface area contributed by atoms with Gasteiger partial charge in [-0.15, -0.1) is 0 Å². The second-order valence-corrected chi connectivity index (χ2v) is 5.84. The maximum Gasteiger partial charge on any atom is 0.339 e. The highest BCUT2D eigenvalue weighted by Gasteiger charge is 2.23. The van der Waals surface area contributed by atoms with E-state index in [0.717, 1.165) is 0 Å². The van der Waals surface area contributed by atoms with Gasteiger partial charge in [-0.1, -0.05) is 23.8 Å². The van der Waals surface area contributed by atoms with Gasteiger partial charge >= 0.3 is 11.9 Å². The Hall–Kier alpha value is -3.32. The highest BCUT2D eigenvalue weighted by molar-refractivity contribution is 6.30. The number of carbonyl (C=O) groups is 3. The van der Waals surface area contributed by atoms with Crippen molar-refractivity contribution in [3.63, 3.8) is 0 Å². The third kappa shape index (κ3) is 5.32. The second kappa shape index (κ2) is 8.86.